The summed E-state index contributed by atoms with van der Waals surface area (Å²) in [5.74, 6) is -0.165. The van der Waals surface area contributed by atoms with Crippen LogP contribution in [0, 0.1) is 5.82 Å². The molecule has 0 fully saturated rings. The minimum absolute atomic E-state index is 0.101. The highest BCUT2D eigenvalue weighted by molar-refractivity contribution is 5.86. The van der Waals surface area contributed by atoms with Crippen molar-refractivity contribution in [2.45, 2.75) is 25.9 Å². The number of benzene rings is 2. The Morgan fingerprint density at radius 3 is 2.50 bits per heavy atom. The minimum Gasteiger partial charge on any atom is -0.493 e. The Hall–Kier alpha value is -2.93. The summed E-state index contributed by atoms with van der Waals surface area (Å²) < 4.78 is 23.8. The van der Waals surface area contributed by atoms with E-state index in [0.717, 1.165) is 11.1 Å². The van der Waals surface area contributed by atoms with Crippen molar-refractivity contribution >= 4 is 11.8 Å². The maximum Gasteiger partial charge on any atom is 0.245 e. The number of carbonyl (C=O) groups excluding carboxylic acids is 2. The maximum absolute atomic E-state index is 13.1. The fourth-order valence-electron chi connectivity index (χ4n) is 2.59. The number of hydrogen-bond acceptors (Lipinski definition) is 4. The van der Waals surface area contributed by atoms with Gasteiger partial charge in [-0.15, -0.1) is 0 Å². The van der Waals surface area contributed by atoms with E-state index >= 15 is 0 Å². The Kier molecular flexibility index (Phi) is 8.42. The van der Waals surface area contributed by atoms with E-state index < -0.39 is 6.04 Å². The predicted molar refractivity (Wildman–Crippen MR) is 103 cm³/mol. The fraction of sp³-hybridized carbons (Fsp3) is 0.333. The summed E-state index contributed by atoms with van der Waals surface area (Å²) in [5, 5.41) is 5.32. The first kappa shape index (κ1) is 21.4. The number of methoxy groups -OCH3 is 1. The summed E-state index contributed by atoms with van der Waals surface area (Å²) in [5.41, 5.74) is 1.77. The summed E-state index contributed by atoms with van der Waals surface area (Å²) >= 11 is 0. The van der Waals surface area contributed by atoms with Gasteiger partial charge in [0.15, 0.2) is 0 Å². The Bertz CT molecular complexity index is 780. The molecule has 7 heteroatoms. The Morgan fingerprint density at radius 2 is 1.86 bits per heavy atom. The minimum atomic E-state index is -0.729. The van der Waals surface area contributed by atoms with E-state index in [-0.39, 0.29) is 24.2 Å². The van der Waals surface area contributed by atoms with E-state index in [1.807, 2.05) is 30.3 Å². The molecule has 2 aromatic carbocycles. The van der Waals surface area contributed by atoms with Crippen molar-refractivity contribution in [2.75, 3.05) is 20.3 Å². The van der Waals surface area contributed by atoms with E-state index in [9.17, 15) is 14.0 Å². The topological polar surface area (TPSA) is 76.7 Å². The number of halogens is 1. The van der Waals surface area contributed by atoms with Crippen LogP contribution in [0.5, 0.6) is 5.75 Å². The van der Waals surface area contributed by atoms with Crippen LogP contribution in [0.1, 0.15) is 18.1 Å². The second kappa shape index (κ2) is 11.0. The Balaban J connectivity index is 1.78. The number of nitrogens with one attached hydrogen (secondary N) is 2. The van der Waals surface area contributed by atoms with Crippen molar-refractivity contribution in [3.05, 3.63) is 65.5 Å². The van der Waals surface area contributed by atoms with Crippen molar-refractivity contribution in [3.63, 3.8) is 0 Å². The molecule has 0 radical (unpaired) electrons. The second-order valence-corrected chi connectivity index (χ2v) is 6.30. The van der Waals surface area contributed by atoms with E-state index in [1.54, 1.807) is 6.07 Å². The molecule has 0 heterocycles. The van der Waals surface area contributed by atoms with Gasteiger partial charge in [-0.1, -0.05) is 24.3 Å². The van der Waals surface area contributed by atoms with Crippen LogP contribution in [0.3, 0.4) is 0 Å². The average Bonchev–Trinajstić information content (AvgIpc) is 2.66. The zero-order valence-electron chi connectivity index (χ0n) is 16.0. The number of rotatable bonds is 10. The van der Waals surface area contributed by atoms with E-state index in [2.05, 4.69) is 10.6 Å². The summed E-state index contributed by atoms with van der Waals surface area (Å²) in [6.07, 6.45) is 0.611. The Morgan fingerprint density at radius 1 is 1.11 bits per heavy atom. The molecule has 6 nitrogen and oxygen atoms in total. The lowest BCUT2D eigenvalue weighted by Gasteiger charge is -2.16. The molecule has 2 rings (SSSR count). The van der Waals surface area contributed by atoms with Crippen molar-refractivity contribution in [3.8, 4) is 5.75 Å². The van der Waals surface area contributed by atoms with E-state index in [0.29, 0.717) is 25.3 Å². The lowest BCUT2D eigenvalue weighted by molar-refractivity contribution is -0.129. The number of ether oxygens (including phenoxy) is 2. The van der Waals surface area contributed by atoms with Gasteiger partial charge in [0.1, 0.15) is 17.6 Å². The third-order valence-electron chi connectivity index (χ3n) is 3.97. The van der Waals surface area contributed by atoms with Crippen molar-refractivity contribution in [2.24, 2.45) is 0 Å². The smallest absolute Gasteiger partial charge is 0.245 e. The second-order valence-electron chi connectivity index (χ2n) is 6.30. The van der Waals surface area contributed by atoms with Gasteiger partial charge in [0, 0.05) is 27.0 Å². The molecule has 0 aliphatic heterocycles. The highest BCUT2D eigenvalue weighted by atomic mass is 19.1. The molecule has 0 aliphatic rings. The van der Waals surface area contributed by atoms with Crippen molar-refractivity contribution in [1.29, 1.82) is 0 Å². The van der Waals surface area contributed by atoms with Gasteiger partial charge >= 0.3 is 0 Å². The molecule has 2 aromatic rings. The number of carbonyl (C=O) groups is 2. The number of hydrogen-bond donors (Lipinski definition) is 2. The quantitative estimate of drug-likeness (QED) is 0.654. The van der Waals surface area contributed by atoms with Gasteiger partial charge in [0.25, 0.3) is 0 Å². The zero-order chi connectivity index (χ0) is 20.4. The van der Waals surface area contributed by atoms with Gasteiger partial charge in [-0.25, -0.2) is 4.39 Å². The first-order valence-electron chi connectivity index (χ1n) is 8.98. The van der Waals surface area contributed by atoms with Gasteiger partial charge in [0.2, 0.25) is 11.8 Å². The van der Waals surface area contributed by atoms with Gasteiger partial charge in [-0.2, -0.15) is 0 Å². The highest BCUT2D eigenvalue weighted by Gasteiger charge is 2.18. The summed E-state index contributed by atoms with van der Waals surface area (Å²) in [6.45, 7) is 2.21. The molecule has 2 N–H and O–H groups in total. The van der Waals surface area contributed by atoms with E-state index in [1.165, 1.54) is 26.2 Å². The standard InChI is InChI=1S/C21H25FN2O4/c1-15(25)24-20(14-27-2)21(26)23-13-17-6-8-19(9-7-17)28-11-10-16-4-3-5-18(22)12-16/h3-9,12,20H,10-11,13-14H2,1-2H3,(H,23,26)(H,24,25)/t20-/m1/s1. The molecular weight excluding hydrogens is 363 g/mol. The van der Waals surface area contributed by atoms with Gasteiger partial charge < -0.3 is 20.1 Å². The lowest BCUT2D eigenvalue weighted by Crippen LogP contribution is -2.48. The van der Waals surface area contributed by atoms with Crippen LogP contribution in [0.25, 0.3) is 0 Å². The molecule has 0 unspecified atom stereocenters. The van der Waals surface area contributed by atoms with Gasteiger partial charge in [-0.3, -0.25) is 9.59 Å². The molecule has 0 aromatic heterocycles. The molecule has 0 saturated carbocycles. The van der Waals surface area contributed by atoms with Crippen LogP contribution < -0.4 is 15.4 Å². The molecule has 0 aliphatic carbocycles. The van der Waals surface area contributed by atoms with Crippen LogP contribution in [0.2, 0.25) is 0 Å². The summed E-state index contributed by atoms with van der Waals surface area (Å²) in [7, 11) is 1.47. The van der Waals surface area contributed by atoms with E-state index in [4.69, 9.17) is 9.47 Å². The van der Waals surface area contributed by atoms with Crippen LogP contribution in [0.15, 0.2) is 48.5 Å². The molecule has 0 spiro atoms. The molecule has 28 heavy (non-hydrogen) atoms. The molecule has 1 atom stereocenters. The Labute approximate surface area is 164 Å². The molecule has 2 amide bonds. The van der Waals surface area contributed by atoms with Crippen molar-refractivity contribution in [1.82, 2.24) is 10.6 Å². The molecular formula is C21H25FN2O4. The third-order valence-corrected chi connectivity index (χ3v) is 3.97. The monoisotopic (exact) mass is 388 g/mol. The fourth-order valence-corrected chi connectivity index (χ4v) is 2.59. The molecule has 0 bridgehead atoms. The average molecular weight is 388 g/mol. The normalized spacial score (nSPS) is 11.5. The maximum atomic E-state index is 13.1. The largest absolute Gasteiger partial charge is 0.493 e. The third kappa shape index (κ3) is 7.36. The summed E-state index contributed by atoms with van der Waals surface area (Å²) in [6, 6.07) is 13.0. The highest BCUT2D eigenvalue weighted by Crippen LogP contribution is 2.13. The van der Waals surface area contributed by atoms with Gasteiger partial charge in [0.05, 0.1) is 13.2 Å². The first-order valence-corrected chi connectivity index (χ1v) is 8.98. The van der Waals surface area contributed by atoms with Crippen LogP contribution in [-0.4, -0.2) is 38.2 Å². The van der Waals surface area contributed by atoms with Crippen LogP contribution in [-0.2, 0) is 27.3 Å². The molecule has 0 saturated heterocycles. The number of amides is 2. The SMILES string of the molecule is COC[C@@H](NC(C)=O)C(=O)NCc1ccc(OCCc2cccc(F)c2)cc1. The lowest BCUT2D eigenvalue weighted by atomic mass is 10.1. The molecule has 150 valence electrons. The van der Waals surface area contributed by atoms with Crippen LogP contribution in [0.4, 0.5) is 4.39 Å². The zero-order valence-corrected chi connectivity index (χ0v) is 16.0. The first-order chi connectivity index (χ1) is 13.5. The van der Waals surface area contributed by atoms with Crippen molar-refractivity contribution < 1.29 is 23.5 Å². The van der Waals surface area contributed by atoms with Gasteiger partial charge in [-0.05, 0) is 35.4 Å². The van der Waals surface area contributed by atoms with Crippen LogP contribution >= 0.6 is 0 Å². The summed E-state index contributed by atoms with van der Waals surface area (Å²) in [4.78, 5) is 23.3. The predicted octanol–water partition coefficient (Wildman–Crippen LogP) is 2.21.